The Kier molecular flexibility index (Phi) is 4.52. The standard InChI is InChI=1S/C14H18N4O3/c1-9-6-8-16-14(13(9)18(19)20)15-7-4-5-12-10(2)17-21-11(12)3/h6,8H,4-5,7H2,1-3H3,(H,15,16). The predicted molar refractivity (Wildman–Crippen MR) is 78.4 cm³/mol. The van der Waals surface area contributed by atoms with Crippen LogP contribution >= 0.6 is 0 Å². The summed E-state index contributed by atoms with van der Waals surface area (Å²) in [7, 11) is 0. The molecule has 1 N–H and O–H groups in total. The number of anilines is 1. The number of aromatic nitrogens is 2. The Balaban J connectivity index is 1.96. The van der Waals surface area contributed by atoms with E-state index in [9.17, 15) is 10.1 Å². The second-order valence-corrected chi connectivity index (χ2v) is 4.92. The number of hydrogen-bond acceptors (Lipinski definition) is 6. The van der Waals surface area contributed by atoms with Crippen molar-refractivity contribution < 1.29 is 9.45 Å². The molecule has 0 fully saturated rings. The summed E-state index contributed by atoms with van der Waals surface area (Å²) in [6, 6.07) is 1.63. The number of nitrogens with zero attached hydrogens (tertiary/aromatic N) is 3. The first-order chi connectivity index (χ1) is 10.0. The molecule has 0 bridgehead atoms. The van der Waals surface area contributed by atoms with Crippen LogP contribution in [0.5, 0.6) is 0 Å². The molecule has 7 nitrogen and oxygen atoms in total. The topological polar surface area (TPSA) is 94.1 Å². The van der Waals surface area contributed by atoms with E-state index in [0.29, 0.717) is 17.9 Å². The zero-order chi connectivity index (χ0) is 15.4. The highest BCUT2D eigenvalue weighted by molar-refractivity contribution is 5.59. The molecule has 0 atom stereocenters. The van der Waals surface area contributed by atoms with Crippen molar-refractivity contribution >= 4 is 11.5 Å². The number of nitrogens with one attached hydrogen (secondary N) is 1. The van der Waals surface area contributed by atoms with Gasteiger partial charge < -0.3 is 9.84 Å². The van der Waals surface area contributed by atoms with Crippen LogP contribution in [0.15, 0.2) is 16.8 Å². The van der Waals surface area contributed by atoms with E-state index < -0.39 is 4.92 Å². The van der Waals surface area contributed by atoms with Gasteiger partial charge in [0, 0.05) is 23.9 Å². The summed E-state index contributed by atoms with van der Waals surface area (Å²) in [4.78, 5) is 14.7. The third-order valence-corrected chi connectivity index (χ3v) is 3.39. The fourth-order valence-corrected chi connectivity index (χ4v) is 2.24. The lowest BCUT2D eigenvalue weighted by Crippen LogP contribution is -2.08. The zero-order valence-corrected chi connectivity index (χ0v) is 12.3. The normalized spacial score (nSPS) is 10.6. The number of aryl methyl sites for hydroxylation is 3. The van der Waals surface area contributed by atoms with Gasteiger partial charge in [0.25, 0.3) is 0 Å². The maximum absolute atomic E-state index is 11.1. The minimum atomic E-state index is -0.404. The maximum atomic E-state index is 11.1. The Labute approximate surface area is 122 Å². The van der Waals surface area contributed by atoms with E-state index in [1.54, 1.807) is 19.2 Å². The van der Waals surface area contributed by atoms with E-state index in [4.69, 9.17) is 4.52 Å². The van der Waals surface area contributed by atoms with Gasteiger partial charge in [0.05, 0.1) is 10.6 Å². The summed E-state index contributed by atoms with van der Waals surface area (Å²) < 4.78 is 5.10. The summed E-state index contributed by atoms with van der Waals surface area (Å²) in [6.45, 7) is 6.10. The molecular weight excluding hydrogens is 272 g/mol. The van der Waals surface area contributed by atoms with Crippen molar-refractivity contribution in [2.75, 3.05) is 11.9 Å². The summed E-state index contributed by atoms with van der Waals surface area (Å²) in [5.74, 6) is 1.14. The van der Waals surface area contributed by atoms with Gasteiger partial charge in [0.1, 0.15) is 5.76 Å². The zero-order valence-electron chi connectivity index (χ0n) is 12.3. The third-order valence-electron chi connectivity index (χ3n) is 3.39. The molecule has 7 heteroatoms. The Morgan fingerprint density at radius 3 is 2.76 bits per heavy atom. The molecule has 0 amide bonds. The van der Waals surface area contributed by atoms with Gasteiger partial charge >= 0.3 is 5.69 Å². The van der Waals surface area contributed by atoms with Gasteiger partial charge in [-0.3, -0.25) is 10.1 Å². The second kappa shape index (κ2) is 6.34. The van der Waals surface area contributed by atoms with E-state index in [1.807, 2.05) is 13.8 Å². The Bertz CT molecular complexity index is 632. The number of rotatable bonds is 6. The molecule has 2 heterocycles. The van der Waals surface area contributed by atoms with Crippen molar-refractivity contribution in [3.05, 3.63) is 45.0 Å². The van der Waals surface area contributed by atoms with Crippen LogP contribution in [-0.2, 0) is 6.42 Å². The summed E-state index contributed by atoms with van der Waals surface area (Å²) in [5.41, 5.74) is 2.63. The van der Waals surface area contributed by atoms with E-state index >= 15 is 0 Å². The Morgan fingerprint density at radius 2 is 2.14 bits per heavy atom. The third kappa shape index (κ3) is 3.36. The SMILES string of the molecule is Cc1ccnc(NCCCc2c(C)noc2C)c1[N+](=O)[O-]. The largest absolute Gasteiger partial charge is 0.364 e. The second-order valence-electron chi connectivity index (χ2n) is 4.92. The molecule has 0 aliphatic carbocycles. The lowest BCUT2D eigenvalue weighted by Gasteiger charge is -2.07. The summed E-state index contributed by atoms with van der Waals surface area (Å²) >= 11 is 0. The highest BCUT2D eigenvalue weighted by Crippen LogP contribution is 2.25. The Hall–Kier alpha value is -2.44. The highest BCUT2D eigenvalue weighted by atomic mass is 16.6. The monoisotopic (exact) mass is 290 g/mol. The molecule has 2 rings (SSSR count). The molecule has 112 valence electrons. The van der Waals surface area contributed by atoms with Crippen LogP contribution in [0.3, 0.4) is 0 Å². The van der Waals surface area contributed by atoms with E-state index in [-0.39, 0.29) is 5.69 Å². The number of nitro groups is 1. The fourth-order valence-electron chi connectivity index (χ4n) is 2.24. The van der Waals surface area contributed by atoms with Gasteiger partial charge in [0.2, 0.25) is 5.82 Å². The minimum Gasteiger partial charge on any atom is -0.364 e. The van der Waals surface area contributed by atoms with Crippen molar-refractivity contribution in [1.82, 2.24) is 10.1 Å². The van der Waals surface area contributed by atoms with Crippen molar-refractivity contribution in [2.45, 2.75) is 33.6 Å². The molecule has 2 aromatic heterocycles. The van der Waals surface area contributed by atoms with Crippen molar-refractivity contribution in [3.8, 4) is 0 Å². The quantitative estimate of drug-likeness (QED) is 0.499. The molecule has 0 radical (unpaired) electrons. The van der Waals surface area contributed by atoms with Gasteiger partial charge in [-0.15, -0.1) is 0 Å². The maximum Gasteiger partial charge on any atom is 0.314 e. The van der Waals surface area contributed by atoms with Crippen LogP contribution < -0.4 is 5.32 Å². The highest BCUT2D eigenvalue weighted by Gasteiger charge is 2.18. The van der Waals surface area contributed by atoms with Crippen molar-refractivity contribution in [3.63, 3.8) is 0 Å². The first kappa shape index (κ1) is 15.0. The van der Waals surface area contributed by atoms with Crippen LogP contribution in [0.1, 0.15) is 29.0 Å². The molecule has 0 unspecified atom stereocenters. The van der Waals surface area contributed by atoms with Gasteiger partial charge in [-0.25, -0.2) is 4.98 Å². The van der Waals surface area contributed by atoms with Gasteiger partial charge in [-0.2, -0.15) is 0 Å². The van der Waals surface area contributed by atoms with Crippen LogP contribution in [0.4, 0.5) is 11.5 Å². The molecule has 2 aromatic rings. The van der Waals surface area contributed by atoms with E-state index in [2.05, 4.69) is 15.5 Å². The smallest absolute Gasteiger partial charge is 0.314 e. The van der Waals surface area contributed by atoms with Gasteiger partial charge in [0.15, 0.2) is 0 Å². The van der Waals surface area contributed by atoms with E-state index in [1.165, 1.54) is 0 Å². The van der Waals surface area contributed by atoms with Gasteiger partial charge in [-0.05, 0) is 39.7 Å². The molecular formula is C14H18N4O3. The molecule has 0 saturated carbocycles. The van der Waals surface area contributed by atoms with Crippen LogP contribution in [0, 0.1) is 30.9 Å². The summed E-state index contributed by atoms with van der Waals surface area (Å²) in [5, 5.41) is 18.0. The first-order valence-electron chi connectivity index (χ1n) is 6.76. The van der Waals surface area contributed by atoms with Gasteiger partial charge in [-0.1, -0.05) is 5.16 Å². The van der Waals surface area contributed by atoms with Crippen LogP contribution in [0.25, 0.3) is 0 Å². The minimum absolute atomic E-state index is 0.0369. The molecule has 0 spiro atoms. The van der Waals surface area contributed by atoms with Crippen molar-refractivity contribution in [1.29, 1.82) is 0 Å². The molecule has 0 aromatic carbocycles. The molecule has 0 aliphatic heterocycles. The molecule has 0 saturated heterocycles. The van der Waals surface area contributed by atoms with Crippen LogP contribution in [0.2, 0.25) is 0 Å². The van der Waals surface area contributed by atoms with Crippen molar-refractivity contribution in [2.24, 2.45) is 0 Å². The number of pyridine rings is 1. The summed E-state index contributed by atoms with van der Waals surface area (Å²) in [6.07, 6.45) is 3.20. The first-order valence-corrected chi connectivity index (χ1v) is 6.76. The number of hydrogen-bond donors (Lipinski definition) is 1. The van der Waals surface area contributed by atoms with E-state index in [0.717, 1.165) is 29.9 Å². The lowest BCUT2D eigenvalue weighted by molar-refractivity contribution is -0.384. The fraction of sp³-hybridized carbons (Fsp3) is 0.429. The average molecular weight is 290 g/mol. The lowest BCUT2D eigenvalue weighted by atomic mass is 10.1. The van der Waals surface area contributed by atoms with Crippen LogP contribution in [-0.4, -0.2) is 21.6 Å². The average Bonchev–Trinajstić information content (AvgIpc) is 2.74. The predicted octanol–water partition coefficient (Wildman–Crippen LogP) is 2.95. The molecule has 21 heavy (non-hydrogen) atoms. The molecule has 0 aliphatic rings. The Morgan fingerprint density at radius 1 is 1.38 bits per heavy atom.